The Morgan fingerprint density at radius 2 is 1.94 bits per heavy atom. The van der Waals surface area contributed by atoms with Crippen LogP contribution in [0.5, 0.6) is 5.75 Å². The van der Waals surface area contributed by atoms with E-state index >= 15 is 0 Å². The Bertz CT molecular complexity index is 880. The van der Waals surface area contributed by atoms with Crippen molar-refractivity contribution in [3.8, 4) is 5.75 Å². The number of benzene rings is 2. The van der Waals surface area contributed by atoms with Crippen molar-refractivity contribution in [2.24, 2.45) is 0 Å². The lowest BCUT2D eigenvalue weighted by molar-refractivity contribution is -0.181. The molecule has 0 amide bonds. The lowest BCUT2D eigenvalue weighted by Gasteiger charge is -2.36. The van der Waals surface area contributed by atoms with Gasteiger partial charge in [-0.15, -0.1) is 0 Å². The Kier molecular flexibility index (Phi) is 6.86. The minimum absolute atomic E-state index is 0.257. The molecular weight excluding hydrogens is 420 g/mol. The van der Waals surface area contributed by atoms with Gasteiger partial charge in [0, 0.05) is 17.9 Å². The van der Waals surface area contributed by atoms with Crippen molar-refractivity contribution in [1.29, 1.82) is 0 Å². The maximum atomic E-state index is 10.1. The van der Waals surface area contributed by atoms with Crippen LogP contribution in [0.15, 0.2) is 42.5 Å². The van der Waals surface area contributed by atoms with Crippen molar-refractivity contribution >= 4 is 11.6 Å². The van der Waals surface area contributed by atoms with Gasteiger partial charge in [-0.2, -0.15) is 0 Å². The monoisotopic (exact) mass is 448 g/mol. The van der Waals surface area contributed by atoms with Crippen LogP contribution in [0.1, 0.15) is 42.6 Å². The molecule has 2 aromatic rings. The van der Waals surface area contributed by atoms with Crippen molar-refractivity contribution in [2.75, 3.05) is 19.8 Å². The highest BCUT2D eigenvalue weighted by atomic mass is 35.5. The molecule has 3 N–H and O–H groups in total. The normalized spacial score (nSPS) is 31.0. The number of aliphatic hydroxyl groups is 3. The van der Waals surface area contributed by atoms with Crippen LogP contribution in [-0.4, -0.2) is 59.1 Å². The smallest absolute Gasteiger partial charge is 0.132 e. The first-order valence-corrected chi connectivity index (χ1v) is 11.0. The highest BCUT2D eigenvalue weighted by molar-refractivity contribution is 6.31. The summed E-state index contributed by atoms with van der Waals surface area (Å²) in [4.78, 5) is 0. The van der Waals surface area contributed by atoms with E-state index in [1.807, 2.05) is 42.5 Å². The fourth-order valence-corrected chi connectivity index (χ4v) is 4.34. The number of hydrogen-bond donors (Lipinski definition) is 3. The van der Waals surface area contributed by atoms with E-state index in [1.54, 1.807) is 0 Å². The first kappa shape index (κ1) is 22.5. The maximum Gasteiger partial charge on any atom is 0.132 e. The summed E-state index contributed by atoms with van der Waals surface area (Å²) in [6, 6.07) is 13.6. The largest absolute Gasteiger partial charge is 0.485 e. The van der Waals surface area contributed by atoms with E-state index in [0.717, 1.165) is 35.5 Å². The topological polar surface area (TPSA) is 88.4 Å². The highest BCUT2D eigenvalue weighted by Gasteiger charge is 2.37. The molecule has 168 valence electrons. The maximum absolute atomic E-state index is 10.1. The van der Waals surface area contributed by atoms with E-state index < -0.39 is 24.4 Å². The molecule has 0 radical (unpaired) electrons. The average molecular weight is 449 g/mol. The standard InChI is InChI=1S/C24H29ClO6/c1-24(8-9-29-14-24)31-18-5-2-15(3-6-18)10-17-11-16(4-7-19(17)25)21-12-20(27)23(28)22(13-26)30-21/h2-7,11,20-23,26-28H,8-10,12-14H2,1H3. The fourth-order valence-electron chi connectivity index (χ4n) is 4.16. The quantitative estimate of drug-likeness (QED) is 0.629. The van der Waals surface area contributed by atoms with Crippen LogP contribution in [0.2, 0.25) is 5.02 Å². The summed E-state index contributed by atoms with van der Waals surface area (Å²) in [7, 11) is 0. The van der Waals surface area contributed by atoms with Crippen molar-refractivity contribution < 1.29 is 29.5 Å². The van der Waals surface area contributed by atoms with E-state index in [4.69, 9.17) is 25.8 Å². The molecule has 0 spiro atoms. The first-order chi connectivity index (χ1) is 14.9. The third-order valence-corrected chi connectivity index (χ3v) is 6.42. The number of aliphatic hydroxyl groups excluding tert-OH is 3. The van der Waals surface area contributed by atoms with Crippen LogP contribution in [-0.2, 0) is 15.9 Å². The Morgan fingerprint density at radius 3 is 2.61 bits per heavy atom. The summed E-state index contributed by atoms with van der Waals surface area (Å²) in [5.74, 6) is 0.815. The Labute approximate surface area is 187 Å². The molecule has 2 saturated heterocycles. The molecule has 6 nitrogen and oxygen atoms in total. The van der Waals surface area contributed by atoms with Crippen molar-refractivity contribution in [2.45, 2.75) is 56.2 Å². The zero-order chi connectivity index (χ0) is 22.0. The molecule has 4 rings (SSSR count). The second kappa shape index (κ2) is 9.45. The second-order valence-corrected chi connectivity index (χ2v) is 9.07. The van der Waals surface area contributed by atoms with Crippen LogP contribution in [0.3, 0.4) is 0 Å². The molecule has 2 aromatic carbocycles. The first-order valence-electron chi connectivity index (χ1n) is 10.6. The molecule has 2 aliphatic rings. The number of ether oxygens (including phenoxy) is 3. The van der Waals surface area contributed by atoms with Gasteiger partial charge in [-0.3, -0.25) is 0 Å². The Hall–Kier alpha value is -1.67. The van der Waals surface area contributed by atoms with Gasteiger partial charge in [0.15, 0.2) is 0 Å². The second-order valence-electron chi connectivity index (χ2n) is 8.67. The van der Waals surface area contributed by atoms with E-state index in [-0.39, 0.29) is 18.6 Å². The van der Waals surface area contributed by atoms with E-state index in [1.165, 1.54) is 0 Å². The van der Waals surface area contributed by atoms with Crippen LogP contribution in [0.4, 0.5) is 0 Å². The Morgan fingerprint density at radius 1 is 1.16 bits per heavy atom. The van der Waals surface area contributed by atoms with Gasteiger partial charge >= 0.3 is 0 Å². The van der Waals surface area contributed by atoms with Gasteiger partial charge in [0.05, 0.1) is 32.0 Å². The summed E-state index contributed by atoms with van der Waals surface area (Å²) in [5, 5.41) is 30.2. The van der Waals surface area contributed by atoms with Gasteiger partial charge in [-0.1, -0.05) is 35.9 Å². The zero-order valence-corrected chi connectivity index (χ0v) is 18.3. The van der Waals surface area contributed by atoms with Gasteiger partial charge in [-0.05, 0) is 48.2 Å². The molecular formula is C24H29ClO6. The number of hydrogen-bond acceptors (Lipinski definition) is 6. The zero-order valence-electron chi connectivity index (χ0n) is 17.5. The summed E-state index contributed by atoms with van der Waals surface area (Å²) in [5.41, 5.74) is 2.61. The van der Waals surface area contributed by atoms with Crippen molar-refractivity contribution in [3.05, 3.63) is 64.2 Å². The lowest BCUT2D eigenvalue weighted by Crippen LogP contribution is -2.47. The van der Waals surface area contributed by atoms with E-state index in [9.17, 15) is 15.3 Å². The average Bonchev–Trinajstić information content (AvgIpc) is 3.19. The van der Waals surface area contributed by atoms with E-state index in [2.05, 4.69) is 6.92 Å². The predicted octanol–water partition coefficient (Wildman–Crippen LogP) is 3.03. The predicted molar refractivity (Wildman–Crippen MR) is 116 cm³/mol. The molecule has 31 heavy (non-hydrogen) atoms. The van der Waals surface area contributed by atoms with Gasteiger partial charge < -0.3 is 29.5 Å². The summed E-state index contributed by atoms with van der Waals surface area (Å²) in [6.45, 7) is 3.03. The number of rotatable bonds is 6. The van der Waals surface area contributed by atoms with Crippen molar-refractivity contribution in [3.63, 3.8) is 0 Å². The molecule has 2 heterocycles. The number of halogens is 1. The SMILES string of the molecule is CC1(Oc2ccc(Cc3cc(C4CC(O)C(O)C(CO)O4)ccc3Cl)cc2)CCOC1. The van der Waals surface area contributed by atoms with Crippen LogP contribution < -0.4 is 4.74 Å². The third kappa shape index (κ3) is 5.22. The minimum Gasteiger partial charge on any atom is -0.485 e. The van der Waals surface area contributed by atoms with Gasteiger partial charge in [0.1, 0.15) is 23.6 Å². The highest BCUT2D eigenvalue weighted by Crippen LogP contribution is 2.34. The molecule has 0 aromatic heterocycles. The lowest BCUT2D eigenvalue weighted by atomic mass is 9.92. The minimum atomic E-state index is -1.09. The van der Waals surface area contributed by atoms with E-state index in [0.29, 0.717) is 18.1 Å². The molecule has 0 saturated carbocycles. The molecule has 5 unspecified atom stereocenters. The molecule has 2 aliphatic heterocycles. The molecule has 0 bridgehead atoms. The van der Waals surface area contributed by atoms with Crippen LogP contribution in [0, 0.1) is 0 Å². The molecule has 2 fully saturated rings. The van der Waals surface area contributed by atoms with Crippen molar-refractivity contribution in [1.82, 2.24) is 0 Å². The van der Waals surface area contributed by atoms with Crippen LogP contribution in [0.25, 0.3) is 0 Å². The molecule has 5 atom stereocenters. The third-order valence-electron chi connectivity index (χ3n) is 6.06. The van der Waals surface area contributed by atoms with Crippen LogP contribution >= 0.6 is 11.6 Å². The van der Waals surface area contributed by atoms with Gasteiger partial charge in [0.2, 0.25) is 0 Å². The summed E-state index contributed by atoms with van der Waals surface area (Å²) in [6.07, 6.45) is -1.50. The van der Waals surface area contributed by atoms with Gasteiger partial charge in [0.25, 0.3) is 0 Å². The summed E-state index contributed by atoms with van der Waals surface area (Å²) < 4.78 is 17.3. The molecule has 0 aliphatic carbocycles. The fraction of sp³-hybridized carbons (Fsp3) is 0.500. The summed E-state index contributed by atoms with van der Waals surface area (Å²) >= 11 is 6.45. The van der Waals surface area contributed by atoms with Gasteiger partial charge in [-0.25, -0.2) is 0 Å². The molecule has 7 heteroatoms. The Balaban J connectivity index is 1.46.